The van der Waals surface area contributed by atoms with E-state index in [-0.39, 0.29) is 23.2 Å². The van der Waals surface area contributed by atoms with Crippen LogP contribution >= 0.6 is 11.8 Å². The molecule has 0 spiro atoms. The lowest BCUT2D eigenvalue weighted by Gasteiger charge is -2.32. The van der Waals surface area contributed by atoms with Crippen molar-refractivity contribution in [3.63, 3.8) is 0 Å². The van der Waals surface area contributed by atoms with Gasteiger partial charge in [-0.05, 0) is 41.5 Å². The van der Waals surface area contributed by atoms with Gasteiger partial charge in [-0.2, -0.15) is 0 Å². The van der Waals surface area contributed by atoms with Gasteiger partial charge in [0.15, 0.2) is 5.82 Å². The van der Waals surface area contributed by atoms with Gasteiger partial charge in [0.25, 0.3) is 0 Å². The Kier molecular flexibility index (Phi) is 6.04. The Morgan fingerprint density at radius 3 is 2.21 bits per heavy atom. The van der Waals surface area contributed by atoms with Gasteiger partial charge in [0.2, 0.25) is 11.1 Å². The fraction of sp³-hybridized carbons (Fsp3) is 0.500. The first-order valence-electron chi connectivity index (χ1n) is 8.28. The normalized spacial score (nSPS) is 12.7. The van der Waals surface area contributed by atoms with E-state index in [4.69, 9.17) is 0 Å². The molecule has 1 N–H and O–H groups in total. The molecule has 0 bridgehead atoms. The van der Waals surface area contributed by atoms with Crippen LogP contribution in [0.15, 0.2) is 29.4 Å². The fourth-order valence-electron chi connectivity index (χ4n) is 2.66. The minimum Gasteiger partial charge on any atom is -0.337 e. The number of aromatic amines is 1. The van der Waals surface area contributed by atoms with E-state index in [1.165, 1.54) is 17.3 Å². The monoisotopic (exact) mass is 346 g/mol. The molecule has 24 heavy (non-hydrogen) atoms. The highest BCUT2D eigenvalue weighted by atomic mass is 32.2. The molecule has 0 aliphatic carbocycles. The number of aromatic nitrogens is 3. The number of carbonyl (C=O) groups excluding carboxylic acids is 1. The second-order valence-corrected chi connectivity index (χ2v) is 7.83. The molecule has 0 saturated heterocycles. The summed E-state index contributed by atoms with van der Waals surface area (Å²) < 4.78 is 0. The lowest BCUT2D eigenvalue weighted by Crippen LogP contribution is -2.45. The number of hydrogen-bond donors (Lipinski definition) is 1. The topological polar surface area (TPSA) is 61.9 Å². The van der Waals surface area contributed by atoms with Gasteiger partial charge in [0.1, 0.15) is 0 Å². The minimum absolute atomic E-state index is 0.117. The number of benzene rings is 1. The van der Waals surface area contributed by atoms with Gasteiger partial charge in [-0.25, -0.2) is 4.98 Å². The number of aryl methyl sites for hydroxylation is 1. The van der Waals surface area contributed by atoms with E-state index in [0.29, 0.717) is 5.16 Å². The molecule has 2 aromatic rings. The van der Waals surface area contributed by atoms with Crippen LogP contribution in [0.2, 0.25) is 0 Å². The van der Waals surface area contributed by atoms with E-state index in [2.05, 4.69) is 15.2 Å². The number of nitrogens with one attached hydrogen (secondary N) is 1. The van der Waals surface area contributed by atoms with Crippen LogP contribution in [0.4, 0.5) is 0 Å². The summed E-state index contributed by atoms with van der Waals surface area (Å²) in [5.41, 5.74) is 2.19. The van der Waals surface area contributed by atoms with E-state index in [1.807, 2.05) is 70.7 Å². The molecule has 0 unspecified atom stereocenters. The van der Waals surface area contributed by atoms with E-state index in [1.54, 1.807) is 0 Å². The molecule has 0 radical (unpaired) electrons. The molecule has 130 valence electrons. The summed E-state index contributed by atoms with van der Waals surface area (Å²) in [5, 5.41) is 7.57. The summed E-state index contributed by atoms with van der Waals surface area (Å²) >= 11 is 1.39. The van der Waals surface area contributed by atoms with Crippen LogP contribution in [-0.2, 0) is 4.79 Å². The van der Waals surface area contributed by atoms with Crippen molar-refractivity contribution in [2.45, 2.75) is 64.0 Å². The first-order chi connectivity index (χ1) is 11.3. The molecule has 0 fully saturated rings. The van der Waals surface area contributed by atoms with Crippen LogP contribution in [0, 0.1) is 6.92 Å². The van der Waals surface area contributed by atoms with Gasteiger partial charge in [0.05, 0.1) is 5.25 Å². The summed E-state index contributed by atoms with van der Waals surface area (Å²) in [6, 6.07) is 8.46. The Morgan fingerprint density at radius 2 is 1.67 bits per heavy atom. The second-order valence-electron chi connectivity index (χ2n) is 6.53. The lowest BCUT2D eigenvalue weighted by molar-refractivity contribution is -0.133. The molecule has 1 atom stereocenters. The zero-order valence-electron chi connectivity index (χ0n) is 15.2. The number of carbonyl (C=O) groups is 1. The van der Waals surface area contributed by atoms with Crippen LogP contribution in [-0.4, -0.2) is 43.3 Å². The van der Waals surface area contributed by atoms with Crippen molar-refractivity contribution in [3.8, 4) is 11.4 Å². The van der Waals surface area contributed by atoms with Gasteiger partial charge in [-0.15, -0.1) is 5.10 Å². The van der Waals surface area contributed by atoms with Crippen LogP contribution in [0.25, 0.3) is 11.4 Å². The maximum absolute atomic E-state index is 12.7. The smallest absolute Gasteiger partial charge is 0.236 e. The minimum atomic E-state index is -0.225. The van der Waals surface area contributed by atoms with E-state index >= 15 is 0 Å². The first-order valence-corrected chi connectivity index (χ1v) is 9.15. The first kappa shape index (κ1) is 18.5. The molecular formula is C18H26N4OS. The van der Waals surface area contributed by atoms with Crippen LogP contribution in [0.5, 0.6) is 0 Å². The summed E-state index contributed by atoms with van der Waals surface area (Å²) in [5.74, 6) is 0.841. The molecule has 1 amide bonds. The predicted octanol–water partition coefficient (Wildman–Crippen LogP) is 3.91. The van der Waals surface area contributed by atoms with Crippen LogP contribution < -0.4 is 0 Å². The molecule has 5 nitrogen and oxygen atoms in total. The third-order valence-electron chi connectivity index (χ3n) is 3.79. The molecule has 1 aromatic carbocycles. The lowest BCUT2D eigenvalue weighted by atomic mass is 10.1. The number of H-pyrrole nitrogens is 1. The van der Waals surface area contributed by atoms with Crippen molar-refractivity contribution in [1.29, 1.82) is 0 Å². The highest BCUT2D eigenvalue weighted by molar-refractivity contribution is 8.00. The molecule has 0 aliphatic heterocycles. The zero-order chi connectivity index (χ0) is 17.9. The highest BCUT2D eigenvalue weighted by Crippen LogP contribution is 2.25. The predicted molar refractivity (Wildman–Crippen MR) is 99.0 cm³/mol. The summed E-state index contributed by atoms with van der Waals surface area (Å²) in [7, 11) is 0. The second kappa shape index (κ2) is 7.83. The van der Waals surface area contributed by atoms with Crippen molar-refractivity contribution in [2.75, 3.05) is 0 Å². The molecule has 6 heteroatoms. The third kappa shape index (κ3) is 4.38. The molecule has 0 saturated carbocycles. The maximum Gasteiger partial charge on any atom is 0.236 e. The summed E-state index contributed by atoms with van der Waals surface area (Å²) in [6.45, 7) is 12.1. The number of amides is 1. The van der Waals surface area contributed by atoms with Crippen molar-refractivity contribution in [3.05, 3.63) is 29.8 Å². The van der Waals surface area contributed by atoms with Gasteiger partial charge in [-0.1, -0.05) is 41.6 Å². The van der Waals surface area contributed by atoms with Gasteiger partial charge in [0, 0.05) is 17.6 Å². The van der Waals surface area contributed by atoms with Gasteiger partial charge in [-0.3, -0.25) is 9.89 Å². The molecule has 0 aliphatic rings. The Labute approximate surface area is 148 Å². The van der Waals surface area contributed by atoms with Crippen LogP contribution in [0.1, 0.15) is 40.2 Å². The zero-order valence-corrected chi connectivity index (χ0v) is 16.0. The number of thioether (sulfide) groups is 1. The Morgan fingerprint density at radius 1 is 1.08 bits per heavy atom. The summed E-state index contributed by atoms with van der Waals surface area (Å²) in [4.78, 5) is 19.1. The van der Waals surface area contributed by atoms with Crippen molar-refractivity contribution >= 4 is 17.7 Å². The number of rotatable bonds is 6. The standard InChI is InChI=1S/C18H26N4OS/c1-11(2)22(12(3)4)17(23)14(6)24-18-19-16(20-21-18)15-9-7-13(5)8-10-15/h7-12,14H,1-6H3,(H,19,20,21)/t14-/m1/s1. The third-order valence-corrected chi connectivity index (χ3v) is 4.74. The molecule has 2 rings (SSSR count). The molecule has 1 heterocycles. The van der Waals surface area contributed by atoms with Gasteiger partial charge < -0.3 is 4.90 Å². The fourth-order valence-corrected chi connectivity index (χ4v) is 3.44. The quantitative estimate of drug-likeness (QED) is 0.806. The molecule has 1 aromatic heterocycles. The average molecular weight is 347 g/mol. The summed E-state index contributed by atoms with van der Waals surface area (Å²) in [6.07, 6.45) is 0. The van der Waals surface area contributed by atoms with Crippen LogP contribution in [0.3, 0.4) is 0 Å². The average Bonchev–Trinajstić information content (AvgIpc) is 2.95. The SMILES string of the molecule is Cc1ccc(-c2nc(S[C@H](C)C(=O)N(C(C)C)C(C)C)n[nH]2)cc1. The number of nitrogens with zero attached hydrogens (tertiary/aromatic N) is 3. The Balaban J connectivity index is 2.08. The van der Waals surface area contributed by atoms with Crippen molar-refractivity contribution < 1.29 is 4.79 Å². The Hall–Kier alpha value is -1.82. The van der Waals surface area contributed by atoms with Gasteiger partial charge >= 0.3 is 0 Å². The van der Waals surface area contributed by atoms with Crippen molar-refractivity contribution in [1.82, 2.24) is 20.1 Å². The van der Waals surface area contributed by atoms with E-state index in [9.17, 15) is 4.79 Å². The largest absolute Gasteiger partial charge is 0.337 e. The highest BCUT2D eigenvalue weighted by Gasteiger charge is 2.26. The number of hydrogen-bond acceptors (Lipinski definition) is 4. The Bertz CT molecular complexity index is 671. The van der Waals surface area contributed by atoms with E-state index in [0.717, 1.165) is 11.4 Å². The molecular weight excluding hydrogens is 320 g/mol. The maximum atomic E-state index is 12.7. The van der Waals surface area contributed by atoms with Crippen molar-refractivity contribution in [2.24, 2.45) is 0 Å². The van der Waals surface area contributed by atoms with E-state index < -0.39 is 0 Å².